The van der Waals surface area contributed by atoms with Crippen LogP contribution in [0, 0.1) is 5.92 Å². The Balaban J connectivity index is 1.86. The molecule has 6 heteroatoms. The molecule has 2 rings (SSSR count). The van der Waals surface area contributed by atoms with Crippen LogP contribution in [-0.4, -0.2) is 31.7 Å². The summed E-state index contributed by atoms with van der Waals surface area (Å²) in [6.45, 7) is 4.44. The Bertz CT molecular complexity index is 700. The molecule has 2 N–H and O–H groups in total. The van der Waals surface area contributed by atoms with Crippen molar-refractivity contribution in [3.8, 4) is 11.5 Å². The van der Waals surface area contributed by atoms with E-state index in [0.717, 1.165) is 35.8 Å². The lowest BCUT2D eigenvalue weighted by molar-refractivity contribution is -0.118. The lowest BCUT2D eigenvalue weighted by Gasteiger charge is -2.11. The molecule has 0 atom stereocenters. The SMILES string of the molecule is COc1ccc(CCNc2ccc(NC(=O)C(C)C)cn2)cc1OC. The zero-order valence-corrected chi connectivity index (χ0v) is 15.1. The Morgan fingerprint density at radius 2 is 1.88 bits per heavy atom. The number of carbonyl (C=O) groups excluding carboxylic acids is 1. The van der Waals surface area contributed by atoms with Crippen LogP contribution in [0.25, 0.3) is 0 Å². The van der Waals surface area contributed by atoms with Crippen molar-refractivity contribution < 1.29 is 14.3 Å². The summed E-state index contributed by atoms with van der Waals surface area (Å²) in [6.07, 6.45) is 2.48. The summed E-state index contributed by atoms with van der Waals surface area (Å²) in [4.78, 5) is 16.0. The number of anilines is 2. The topological polar surface area (TPSA) is 72.5 Å². The molecule has 6 nitrogen and oxygen atoms in total. The van der Waals surface area contributed by atoms with Crippen LogP contribution < -0.4 is 20.1 Å². The maximum Gasteiger partial charge on any atom is 0.226 e. The lowest BCUT2D eigenvalue weighted by Crippen LogP contribution is -2.17. The highest BCUT2D eigenvalue weighted by Gasteiger charge is 2.07. The smallest absolute Gasteiger partial charge is 0.226 e. The first kappa shape index (κ1) is 18.6. The average molecular weight is 343 g/mol. The zero-order valence-electron chi connectivity index (χ0n) is 15.1. The minimum atomic E-state index is -0.0562. The average Bonchev–Trinajstić information content (AvgIpc) is 2.62. The highest BCUT2D eigenvalue weighted by molar-refractivity contribution is 5.91. The maximum absolute atomic E-state index is 11.7. The van der Waals surface area contributed by atoms with Crippen molar-refractivity contribution in [3.05, 3.63) is 42.1 Å². The molecule has 134 valence electrons. The molecule has 0 aliphatic rings. The largest absolute Gasteiger partial charge is 0.493 e. The molecule has 0 aliphatic carbocycles. The van der Waals surface area contributed by atoms with Gasteiger partial charge in [0, 0.05) is 12.5 Å². The molecule has 1 amide bonds. The number of benzene rings is 1. The van der Waals surface area contributed by atoms with E-state index in [9.17, 15) is 4.79 Å². The zero-order chi connectivity index (χ0) is 18.2. The quantitative estimate of drug-likeness (QED) is 0.769. The van der Waals surface area contributed by atoms with Crippen molar-refractivity contribution in [1.29, 1.82) is 0 Å². The standard InChI is InChI=1S/C19H25N3O3/c1-13(2)19(23)22-15-6-8-18(21-12-15)20-10-9-14-5-7-16(24-3)17(11-14)25-4/h5-8,11-13H,9-10H2,1-4H3,(H,20,21)(H,22,23). The van der Waals surface area contributed by atoms with E-state index in [-0.39, 0.29) is 11.8 Å². The second kappa shape index (κ2) is 8.92. The molecule has 0 aliphatic heterocycles. The normalized spacial score (nSPS) is 10.4. The predicted octanol–water partition coefficient (Wildman–Crippen LogP) is 3.35. The van der Waals surface area contributed by atoms with E-state index in [1.807, 2.05) is 44.2 Å². The van der Waals surface area contributed by atoms with Gasteiger partial charge in [-0.15, -0.1) is 0 Å². The van der Waals surface area contributed by atoms with Gasteiger partial charge in [-0.2, -0.15) is 0 Å². The van der Waals surface area contributed by atoms with E-state index in [0.29, 0.717) is 5.69 Å². The van der Waals surface area contributed by atoms with Crippen LogP contribution in [0.4, 0.5) is 11.5 Å². The monoisotopic (exact) mass is 343 g/mol. The van der Waals surface area contributed by atoms with Crippen molar-refractivity contribution in [2.45, 2.75) is 20.3 Å². The van der Waals surface area contributed by atoms with E-state index in [1.165, 1.54) is 0 Å². The number of pyridine rings is 1. The highest BCUT2D eigenvalue weighted by atomic mass is 16.5. The number of methoxy groups -OCH3 is 2. The molecule has 0 saturated carbocycles. The fourth-order valence-electron chi connectivity index (χ4n) is 2.23. The van der Waals surface area contributed by atoms with Crippen molar-refractivity contribution in [1.82, 2.24) is 4.98 Å². The number of amides is 1. The van der Waals surface area contributed by atoms with Crippen LogP contribution in [0.1, 0.15) is 19.4 Å². The third kappa shape index (κ3) is 5.38. The van der Waals surface area contributed by atoms with Crippen molar-refractivity contribution in [2.24, 2.45) is 5.92 Å². The van der Waals surface area contributed by atoms with Gasteiger partial charge in [0.2, 0.25) is 5.91 Å². The van der Waals surface area contributed by atoms with Gasteiger partial charge < -0.3 is 20.1 Å². The summed E-state index contributed by atoms with van der Waals surface area (Å²) >= 11 is 0. The summed E-state index contributed by atoms with van der Waals surface area (Å²) in [5.74, 6) is 2.14. The molecule has 1 aromatic heterocycles. The molecule has 25 heavy (non-hydrogen) atoms. The van der Waals surface area contributed by atoms with E-state index in [2.05, 4.69) is 15.6 Å². The number of hydrogen-bond donors (Lipinski definition) is 2. The number of nitrogens with zero attached hydrogens (tertiary/aromatic N) is 1. The minimum absolute atomic E-state index is 0.0176. The molecule has 0 bridgehead atoms. The van der Waals surface area contributed by atoms with Gasteiger partial charge in [-0.05, 0) is 36.2 Å². The van der Waals surface area contributed by atoms with Crippen LogP contribution in [0.15, 0.2) is 36.5 Å². The van der Waals surface area contributed by atoms with Crippen LogP contribution in [0.5, 0.6) is 11.5 Å². The Kier molecular flexibility index (Phi) is 6.62. The molecule has 1 aromatic carbocycles. The van der Waals surface area contributed by atoms with Gasteiger partial charge in [-0.3, -0.25) is 4.79 Å². The van der Waals surface area contributed by atoms with Crippen LogP contribution in [0.3, 0.4) is 0 Å². The highest BCUT2D eigenvalue weighted by Crippen LogP contribution is 2.27. The molecular weight excluding hydrogens is 318 g/mol. The summed E-state index contributed by atoms with van der Waals surface area (Å²) < 4.78 is 10.5. The van der Waals surface area contributed by atoms with Gasteiger partial charge in [0.15, 0.2) is 11.5 Å². The number of ether oxygens (including phenoxy) is 2. The van der Waals surface area contributed by atoms with Gasteiger partial charge in [0.1, 0.15) is 5.82 Å². The van der Waals surface area contributed by atoms with Gasteiger partial charge in [-0.1, -0.05) is 19.9 Å². The summed E-state index contributed by atoms with van der Waals surface area (Å²) in [7, 11) is 3.25. The number of hydrogen-bond acceptors (Lipinski definition) is 5. The molecule has 0 saturated heterocycles. The Morgan fingerprint density at radius 3 is 2.48 bits per heavy atom. The van der Waals surface area contributed by atoms with E-state index >= 15 is 0 Å². The Morgan fingerprint density at radius 1 is 1.12 bits per heavy atom. The summed E-state index contributed by atoms with van der Waals surface area (Å²) in [6, 6.07) is 9.58. The maximum atomic E-state index is 11.7. The number of aromatic nitrogens is 1. The molecule has 0 fully saturated rings. The summed E-state index contributed by atoms with van der Waals surface area (Å²) in [5, 5.41) is 6.09. The Labute approximate surface area is 148 Å². The van der Waals surface area contributed by atoms with Crippen molar-refractivity contribution in [3.63, 3.8) is 0 Å². The molecule has 0 spiro atoms. The number of rotatable bonds is 8. The second-order valence-electron chi connectivity index (χ2n) is 5.94. The third-order valence-corrected chi connectivity index (χ3v) is 3.72. The first-order valence-corrected chi connectivity index (χ1v) is 8.25. The second-order valence-corrected chi connectivity index (χ2v) is 5.94. The summed E-state index contributed by atoms with van der Waals surface area (Å²) in [5.41, 5.74) is 1.84. The number of carbonyl (C=O) groups is 1. The van der Waals surface area contributed by atoms with E-state index < -0.39 is 0 Å². The minimum Gasteiger partial charge on any atom is -0.493 e. The van der Waals surface area contributed by atoms with E-state index in [4.69, 9.17) is 9.47 Å². The molecule has 1 heterocycles. The molecule has 0 radical (unpaired) electrons. The fourth-order valence-corrected chi connectivity index (χ4v) is 2.23. The van der Waals surface area contributed by atoms with Crippen molar-refractivity contribution in [2.75, 3.05) is 31.4 Å². The van der Waals surface area contributed by atoms with Gasteiger partial charge in [-0.25, -0.2) is 4.98 Å². The van der Waals surface area contributed by atoms with Gasteiger partial charge in [0.05, 0.1) is 26.1 Å². The first-order chi connectivity index (χ1) is 12.0. The Hall–Kier alpha value is -2.76. The fraction of sp³-hybridized carbons (Fsp3) is 0.368. The predicted molar refractivity (Wildman–Crippen MR) is 99.4 cm³/mol. The third-order valence-electron chi connectivity index (χ3n) is 3.72. The van der Waals surface area contributed by atoms with Crippen LogP contribution >= 0.6 is 0 Å². The molecule has 2 aromatic rings. The van der Waals surface area contributed by atoms with Crippen LogP contribution in [0.2, 0.25) is 0 Å². The van der Waals surface area contributed by atoms with E-state index in [1.54, 1.807) is 20.4 Å². The first-order valence-electron chi connectivity index (χ1n) is 8.25. The molecular formula is C19H25N3O3. The van der Waals surface area contributed by atoms with Gasteiger partial charge >= 0.3 is 0 Å². The van der Waals surface area contributed by atoms with Crippen molar-refractivity contribution >= 4 is 17.4 Å². The lowest BCUT2D eigenvalue weighted by atomic mass is 10.1. The van der Waals surface area contributed by atoms with Gasteiger partial charge in [0.25, 0.3) is 0 Å². The van der Waals surface area contributed by atoms with Crippen LogP contribution in [-0.2, 0) is 11.2 Å². The molecule has 0 unspecified atom stereocenters. The number of nitrogens with one attached hydrogen (secondary N) is 2.